The van der Waals surface area contributed by atoms with Crippen LogP contribution < -0.4 is 15.6 Å². The minimum Gasteiger partial charge on any atom is -0.406 e. The van der Waals surface area contributed by atoms with E-state index in [9.17, 15) is 22.8 Å². The fourth-order valence-electron chi connectivity index (χ4n) is 3.38. The molecule has 0 fully saturated rings. The largest absolute Gasteiger partial charge is 0.573 e. The molecule has 0 aliphatic carbocycles. The highest BCUT2D eigenvalue weighted by Gasteiger charge is 2.31. The zero-order valence-electron chi connectivity index (χ0n) is 17.5. The van der Waals surface area contributed by atoms with Crippen LogP contribution >= 0.6 is 11.6 Å². The number of amides is 1. The Morgan fingerprint density at radius 1 is 0.971 bits per heavy atom. The third-order valence-corrected chi connectivity index (χ3v) is 5.16. The van der Waals surface area contributed by atoms with Crippen molar-refractivity contribution in [3.8, 4) is 17.0 Å². The number of carbonyl (C=O) groups is 1. The molecule has 0 saturated carbocycles. The number of alkyl halides is 3. The number of ether oxygens (including phenoxy) is 1. The number of benzene rings is 3. The van der Waals surface area contributed by atoms with Gasteiger partial charge >= 0.3 is 6.36 Å². The van der Waals surface area contributed by atoms with Gasteiger partial charge in [-0.1, -0.05) is 41.9 Å². The zero-order valence-corrected chi connectivity index (χ0v) is 18.2. The second kappa shape index (κ2) is 9.56. The third-order valence-electron chi connectivity index (χ3n) is 4.91. The molecule has 0 aliphatic rings. The van der Waals surface area contributed by atoms with Gasteiger partial charge in [-0.15, -0.1) is 13.2 Å². The smallest absolute Gasteiger partial charge is 0.406 e. The molecular formula is C24H17ClF3N3O3. The Hall–Kier alpha value is -3.85. The Kier molecular flexibility index (Phi) is 6.56. The first-order valence-electron chi connectivity index (χ1n) is 10.1. The Morgan fingerprint density at radius 3 is 2.26 bits per heavy atom. The first-order chi connectivity index (χ1) is 16.2. The number of nitrogens with zero attached hydrogens (tertiary/aromatic N) is 2. The fourth-order valence-corrected chi connectivity index (χ4v) is 3.50. The van der Waals surface area contributed by atoms with Crippen molar-refractivity contribution in [3.63, 3.8) is 0 Å². The van der Waals surface area contributed by atoms with E-state index in [1.54, 1.807) is 42.5 Å². The van der Waals surface area contributed by atoms with E-state index in [1.165, 1.54) is 16.8 Å². The summed E-state index contributed by atoms with van der Waals surface area (Å²) in [6.07, 6.45) is -4.87. The van der Waals surface area contributed by atoms with Crippen molar-refractivity contribution in [2.75, 3.05) is 5.32 Å². The molecule has 0 spiro atoms. The number of carbonyl (C=O) groups excluding carboxylic acids is 1. The van der Waals surface area contributed by atoms with Crippen LogP contribution in [0.15, 0.2) is 77.6 Å². The van der Waals surface area contributed by atoms with Crippen molar-refractivity contribution in [2.45, 2.75) is 19.3 Å². The van der Waals surface area contributed by atoms with Gasteiger partial charge in [-0.3, -0.25) is 9.59 Å². The molecule has 1 aromatic heterocycles. The van der Waals surface area contributed by atoms with Gasteiger partial charge in [-0.2, -0.15) is 5.10 Å². The predicted octanol–water partition coefficient (Wildman–Crippen LogP) is 5.64. The predicted molar refractivity (Wildman–Crippen MR) is 123 cm³/mol. The van der Waals surface area contributed by atoms with Gasteiger partial charge in [0.15, 0.2) is 0 Å². The molecule has 0 aliphatic heterocycles. The number of halogens is 4. The molecule has 0 radical (unpaired) electrons. The third kappa shape index (κ3) is 5.55. The van der Waals surface area contributed by atoms with Crippen molar-refractivity contribution < 1.29 is 22.7 Å². The summed E-state index contributed by atoms with van der Waals surface area (Å²) in [6.45, 7) is 0.00532. The summed E-state index contributed by atoms with van der Waals surface area (Å²) in [5.41, 5.74) is 1.29. The van der Waals surface area contributed by atoms with Crippen molar-refractivity contribution in [3.05, 3.63) is 88.2 Å². The lowest BCUT2D eigenvalue weighted by molar-refractivity contribution is -0.274. The molecule has 1 N–H and O–H groups in total. The molecule has 0 unspecified atom stereocenters. The second-order valence-electron chi connectivity index (χ2n) is 7.30. The number of nitrogens with one attached hydrogen (secondary N) is 1. The standard InChI is InChI=1S/C24H17ClF3N3O3/c25-16-7-5-15(6-8-16)22-19-3-1-2-4-20(19)23(33)31(30-22)14-13-21(32)29-17-9-11-18(12-10-17)34-24(26,27)28/h1-12H,13-14H2,(H,29,32). The van der Waals surface area contributed by atoms with Gasteiger partial charge < -0.3 is 10.1 Å². The van der Waals surface area contributed by atoms with Gasteiger partial charge in [-0.25, -0.2) is 4.68 Å². The molecule has 1 heterocycles. The molecule has 174 valence electrons. The molecule has 4 aromatic rings. The van der Waals surface area contributed by atoms with Crippen LogP contribution in [0, 0.1) is 0 Å². The molecule has 10 heteroatoms. The molecule has 0 bridgehead atoms. The summed E-state index contributed by atoms with van der Waals surface area (Å²) >= 11 is 5.98. The monoisotopic (exact) mass is 487 g/mol. The van der Waals surface area contributed by atoms with Crippen molar-refractivity contribution in [1.82, 2.24) is 9.78 Å². The maximum absolute atomic E-state index is 12.9. The quantitative estimate of drug-likeness (QED) is 0.382. The van der Waals surface area contributed by atoms with E-state index in [2.05, 4.69) is 15.2 Å². The summed E-state index contributed by atoms with van der Waals surface area (Å²) in [5, 5.41) is 8.77. The van der Waals surface area contributed by atoms with Gasteiger partial charge in [0.1, 0.15) is 5.75 Å². The molecule has 3 aromatic carbocycles. The van der Waals surface area contributed by atoms with Crippen LogP contribution in [0.5, 0.6) is 5.75 Å². The zero-order chi connectivity index (χ0) is 24.3. The van der Waals surface area contributed by atoms with Gasteiger partial charge in [0.25, 0.3) is 5.56 Å². The maximum Gasteiger partial charge on any atom is 0.573 e. The van der Waals surface area contributed by atoms with Crippen LogP contribution in [-0.4, -0.2) is 22.1 Å². The Morgan fingerprint density at radius 2 is 1.62 bits per heavy atom. The molecule has 4 rings (SSSR count). The average molecular weight is 488 g/mol. The highest BCUT2D eigenvalue weighted by molar-refractivity contribution is 6.30. The number of rotatable bonds is 6. The van der Waals surface area contributed by atoms with E-state index in [0.717, 1.165) is 17.7 Å². The molecule has 0 saturated heterocycles. The number of fused-ring (bicyclic) bond motifs is 1. The molecule has 6 nitrogen and oxygen atoms in total. The van der Waals surface area contributed by atoms with Gasteiger partial charge in [-0.05, 0) is 42.5 Å². The minimum atomic E-state index is -4.80. The average Bonchev–Trinajstić information content (AvgIpc) is 2.80. The Labute approximate surface area is 196 Å². The van der Waals surface area contributed by atoms with Gasteiger partial charge in [0.2, 0.25) is 5.91 Å². The first-order valence-corrected chi connectivity index (χ1v) is 10.5. The highest BCUT2D eigenvalue weighted by Crippen LogP contribution is 2.26. The molecular weight excluding hydrogens is 471 g/mol. The van der Waals surface area contributed by atoms with Crippen molar-refractivity contribution in [2.24, 2.45) is 0 Å². The van der Waals surface area contributed by atoms with Crippen molar-refractivity contribution in [1.29, 1.82) is 0 Å². The summed E-state index contributed by atoms with van der Waals surface area (Å²) in [6, 6.07) is 18.9. The van der Waals surface area contributed by atoms with E-state index in [0.29, 0.717) is 27.2 Å². The van der Waals surface area contributed by atoms with E-state index >= 15 is 0 Å². The van der Waals surface area contributed by atoms with Crippen molar-refractivity contribution >= 4 is 34.0 Å². The number of hydrogen-bond donors (Lipinski definition) is 1. The Bertz CT molecular complexity index is 1390. The van der Waals surface area contributed by atoms with Crippen LogP contribution in [0.1, 0.15) is 6.42 Å². The normalized spacial score (nSPS) is 11.4. The van der Waals surface area contributed by atoms with Crippen LogP contribution in [0.25, 0.3) is 22.0 Å². The lowest BCUT2D eigenvalue weighted by Crippen LogP contribution is -2.26. The van der Waals surface area contributed by atoms with Crippen LogP contribution in [0.2, 0.25) is 5.02 Å². The maximum atomic E-state index is 12.9. The number of anilines is 1. The van der Waals surface area contributed by atoms with E-state index in [1.807, 2.05) is 6.07 Å². The van der Waals surface area contributed by atoms with Crippen LogP contribution in [-0.2, 0) is 11.3 Å². The summed E-state index contributed by atoms with van der Waals surface area (Å²) in [7, 11) is 0. The number of hydrogen-bond acceptors (Lipinski definition) is 4. The summed E-state index contributed by atoms with van der Waals surface area (Å²) in [4.78, 5) is 25.3. The van der Waals surface area contributed by atoms with E-state index in [4.69, 9.17) is 11.6 Å². The molecule has 1 amide bonds. The fraction of sp³-hybridized carbons (Fsp3) is 0.125. The summed E-state index contributed by atoms with van der Waals surface area (Å²) < 4.78 is 41.8. The van der Waals surface area contributed by atoms with Crippen LogP contribution in [0.3, 0.4) is 0 Å². The molecule has 0 atom stereocenters. The summed E-state index contributed by atoms with van der Waals surface area (Å²) in [5.74, 6) is -0.827. The number of aromatic nitrogens is 2. The number of aryl methyl sites for hydroxylation is 1. The SMILES string of the molecule is O=C(CCn1nc(-c2ccc(Cl)cc2)c2ccccc2c1=O)Nc1ccc(OC(F)(F)F)cc1. The van der Waals surface area contributed by atoms with E-state index in [-0.39, 0.29) is 18.5 Å². The highest BCUT2D eigenvalue weighted by atomic mass is 35.5. The second-order valence-corrected chi connectivity index (χ2v) is 7.74. The van der Waals surface area contributed by atoms with E-state index < -0.39 is 18.0 Å². The van der Waals surface area contributed by atoms with Gasteiger partial charge in [0.05, 0.1) is 17.6 Å². The molecule has 34 heavy (non-hydrogen) atoms. The lowest BCUT2D eigenvalue weighted by atomic mass is 10.1. The van der Waals surface area contributed by atoms with Crippen LogP contribution in [0.4, 0.5) is 18.9 Å². The lowest BCUT2D eigenvalue weighted by Gasteiger charge is -2.12. The Balaban J connectivity index is 1.52. The minimum absolute atomic E-state index is 0.00532. The first kappa shape index (κ1) is 23.3. The topological polar surface area (TPSA) is 73.2 Å². The van der Waals surface area contributed by atoms with Gasteiger partial charge in [0, 0.05) is 28.1 Å².